The van der Waals surface area contributed by atoms with Gasteiger partial charge in [-0.15, -0.1) is 0 Å². The summed E-state index contributed by atoms with van der Waals surface area (Å²) in [6.45, 7) is 1.90. The van der Waals surface area contributed by atoms with Crippen molar-refractivity contribution in [1.82, 2.24) is 5.32 Å². The maximum Gasteiger partial charge on any atom is 0.0902 e. The average molecular weight is 236 g/mol. The van der Waals surface area contributed by atoms with Crippen LogP contribution in [0.3, 0.4) is 0 Å². The van der Waals surface area contributed by atoms with E-state index in [1.807, 2.05) is 6.92 Å². The summed E-state index contributed by atoms with van der Waals surface area (Å²) >= 11 is 0. The van der Waals surface area contributed by atoms with E-state index in [1.54, 1.807) is 0 Å². The molecule has 0 aromatic rings. The van der Waals surface area contributed by atoms with Crippen molar-refractivity contribution in [1.29, 1.82) is 5.41 Å². The van der Waals surface area contributed by atoms with Gasteiger partial charge in [0.1, 0.15) is 0 Å². The standard InChI is InChI=1S/C15H28N2/c1-12(16)17-15(13-8-4-2-5-9-13)14-10-6-3-7-11-14/h13-15H,2-11H2,1H3,(H2,16,17). The van der Waals surface area contributed by atoms with Crippen LogP contribution in [0.15, 0.2) is 0 Å². The van der Waals surface area contributed by atoms with Gasteiger partial charge in [0.25, 0.3) is 0 Å². The molecule has 17 heavy (non-hydrogen) atoms. The Hall–Kier alpha value is -0.530. The second-order valence-corrected chi connectivity index (χ2v) is 6.09. The highest BCUT2D eigenvalue weighted by Gasteiger charge is 2.31. The molecule has 0 saturated heterocycles. The molecular weight excluding hydrogens is 208 g/mol. The van der Waals surface area contributed by atoms with Crippen LogP contribution in [0.5, 0.6) is 0 Å². The molecule has 2 fully saturated rings. The first kappa shape index (κ1) is 12.9. The van der Waals surface area contributed by atoms with Crippen molar-refractivity contribution in [2.45, 2.75) is 77.2 Å². The summed E-state index contributed by atoms with van der Waals surface area (Å²) < 4.78 is 0. The molecule has 2 nitrogen and oxygen atoms in total. The first-order valence-corrected chi connectivity index (χ1v) is 7.59. The molecule has 0 aromatic carbocycles. The molecule has 0 spiro atoms. The highest BCUT2D eigenvalue weighted by Crippen LogP contribution is 2.35. The molecule has 0 bridgehead atoms. The number of hydrogen-bond donors (Lipinski definition) is 2. The van der Waals surface area contributed by atoms with Gasteiger partial charge in [0.2, 0.25) is 0 Å². The van der Waals surface area contributed by atoms with Crippen LogP contribution in [0.2, 0.25) is 0 Å². The van der Waals surface area contributed by atoms with Gasteiger partial charge in [-0.2, -0.15) is 0 Å². The minimum Gasteiger partial charge on any atom is -0.371 e. The summed E-state index contributed by atoms with van der Waals surface area (Å²) in [5, 5.41) is 11.3. The number of rotatable bonds is 3. The van der Waals surface area contributed by atoms with Crippen molar-refractivity contribution in [3.63, 3.8) is 0 Å². The molecule has 0 aliphatic heterocycles. The average Bonchev–Trinajstić information content (AvgIpc) is 2.38. The van der Waals surface area contributed by atoms with Gasteiger partial charge in [-0.1, -0.05) is 38.5 Å². The number of amidine groups is 1. The zero-order chi connectivity index (χ0) is 12.1. The maximum absolute atomic E-state index is 7.75. The summed E-state index contributed by atoms with van der Waals surface area (Å²) in [4.78, 5) is 0. The quantitative estimate of drug-likeness (QED) is 0.561. The summed E-state index contributed by atoms with van der Waals surface area (Å²) in [5.41, 5.74) is 0. The SMILES string of the molecule is CC(=N)NC(C1CCCCC1)C1CCCCC1. The summed E-state index contributed by atoms with van der Waals surface area (Å²) in [6, 6.07) is 0.605. The van der Waals surface area contributed by atoms with Crippen molar-refractivity contribution in [3.05, 3.63) is 0 Å². The zero-order valence-corrected chi connectivity index (χ0v) is 11.3. The Labute approximate surface area is 106 Å². The lowest BCUT2D eigenvalue weighted by molar-refractivity contribution is 0.189. The molecule has 0 radical (unpaired) electrons. The fraction of sp³-hybridized carbons (Fsp3) is 0.933. The fourth-order valence-electron chi connectivity index (χ4n) is 3.86. The van der Waals surface area contributed by atoms with Gasteiger partial charge < -0.3 is 5.32 Å². The summed E-state index contributed by atoms with van der Waals surface area (Å²) in [5.74, 6) is 2.35. The molecule has 0 amide bonds. The van der Waals surface area contributed by atoms with Crippen LogP contribution in [0.4, 0.5) is 0 Å². The lowest BCUT2D eigenvalue weighted by Gasteiger charge is -2.38. The molecule has 0 aromatic heterocycles. The Kier molecular flexibility index (Phi) is 4.87. The van der Waals surface area contributed by atoms with Crippen LogP contribution < -0.4 is 5.32 Å². The third-order valence-corrected chi connectivity index (χ3v) is 4.70. The monoisotopic (exact) mass is 236 g/mol. The normalized spacial score (nSPS) is 23.9. The largest absolute Gasteiger partial charge is 0.371 e. The first-order chi connectivity index (χ1) is 8.27. The predicted molar refractivity (Wildman–Crippen MR) is 73.5 cm³/mol. The minimum atomic E-state index is 0.605. The Bertz CT molecular complexity index is 219. The van der Waals surface area contributed by atoms with E-state index in [0.29, 0.717) is 11.9 Å². The molecule has 0 unspecified atom stereocenters. The molecule has 2 N–H and O–H groups in total. The van der Waals surface area contributed by atoms with Gasteiger partial charge in [-0.3, -0.25) is 5.41 Å². The van der Waals surface area contributed by atoms with Crippen molar-refractivity contribution in [3.8, 4) is 0 Å². The molecule has 2 heteroatoms. The molecule has 2 aliphatic carbocycles. The second-order valence-electron chi connectivity index (χ2n) is 6.09. The van der Waals surface area contributed by atoms with E-state index in [9.17, 15) is 0 Å². The second kappa shape index (κ2) is 6.42. The molecular formula is C15H28N2. The Morgan fingerprint density at radius 2 is 1.29 bits per heavy atom. The highest BCUT2D eigenvalue weighted by atomic mass is 15.0. The predicted octanol–water partition coefficient (Wildman–Crippen LogP) is 4.10. The van der Waals surface area contributed by atoms with Crippen LogP contribution in [0.1, 0.15) is 71.1 Å². The van der Waals surface area contributed by atoms with Crippen molar-refractivity contribution in [2.75, 3.05) is 0 Å². The van der Waals surface area contributed by atoms with E-state index in [1.165, 1.54) is 64.2 Å². The Morgan fingerprint density at radius 3 is 1.65 bits per heavy atom. The first-order valence-electron chi connectivity index (χ1n) is 7.59. The van der Waals surface area contributed by atoms with Crippen molar-refractivity contribution in [2.24, 2.45) is 11.8 Å². The van der Waals surface area contributed by atoms with Crippen LogP contribution in [-0.4, -0.2) is 11.9 Å². The third-order valence-electron chi connectivity index (χ3n) is 4.70. The van der Waals surface area contributed by atoms with E-state index in [2.05, 4.69) is 5.32 Å². The van der Waals surface area contributed by atoms with Gasteiger partial charge in [-0.25, -0.2) is 0 Å². The molecule has 98 valence electrons. The fourth-order valence-corrected chi connectivity index (χ4v) is 3.86. The van der Waals surface area contributed by atoms with Gasteiger partial charge in [0.05, 0.1) is 5.84 Å². The van der Waals surface area contributed by atoms with Gasteiger partial charge in [0, 0.05) is 6.04 Å². The highest BCUT2D eigenvalue weighted by molar-refractivity contribution is 5.76. The number of nitrogens with one attached hydrogen (secondary N) is 2. The summed E-state index contributed by atoms with van der Waals surface area (Å²) in [6.07, 6.45) is 14.1. The van der Waals surface area contributed by atoms with Gasteiger partial charge in [0.15, 0.2) is 0 Å². The van der Waals surface area contributed by atoms with E-state index in [0.717, 1.165) is 11.8 Å². The van der Waals surface area contributed by atoms with Gasteiger partial charge >= 0.3 is 0 Å². The molecule has 0 atom stereocenters. The third kappa shape index (κ3) is 3.72. The van der Waals surface area contributed by atoms with Crippen LogP contribution in [0.25, 0.3) is 0 Å². The van der Waals surface area contributed by atoms with Crippen LogP contribution in [-0.2, 0) is 0 Å². The smallest absolute Gasteiger partial charge is 0.0902 e. The minimum absolute atomic E-state index is 0.605. The van der Waals surface area contributed by atoms with Crippen LogP contribution >= 0.6 is 0 Å². The Balaban J connectivity index is 1.97. The van der Waals surface area contributed by atoms with E-state index >= 15 is 0 Å². The summed E-state index contributed by atoms with van der Waals surface area (Å²) in [7, 11) is 0. The topological polar surface area (TPSA) is 35.9 Å². The number of hydrogen-bond acceptors (Lipinski definition) is 1. The van der Waals surface area contributed by atoms with E-state index in [-0.39, 0.29) is 0 Å². The molecule has 2 rings (SSSR count). The van der Waals surface area contributed by atoms with Gasteiger partial charge in [-0.05, 0) is 44.4 Å². The molecule has 0 heterocycles. The van der Waals surface area contributed by atoms with Crippen LogP contribution in [0, 0.1) is 17.2 Å². The lowest BCUT2D eigenvalue weighted by atomic mass is 9.74. The lowest BCUT2D eigenvalue weighted by Crippen LogP contribution is -2.45. The molecule has 2 saturated carbocycles. The van der Waals surface area contributed by atoms with E-state index in [4.69, 9.17) is 5.41 Å². The van der Waals surface area contributed by atoms with E-state index < -0.39 is 0 Å². The Morgan fingerprint density at radius 1 is 0.882 bits per heavy atom. The van der Waals surface area contributed by atoms with Crippen molar-refractivity contribution < 1.29 is 0 Å². The van der Waals surface area contributed by atoms with Crippen molar-refractivity contribution >= 4 is 5.84 Å². The maximum atomic E-state index is 7.75. The molecule has 2 aliphatic rings. The zero-order valence-electron chi connectivity index (χ0n) is 11.3.